The fraction of sp³-hybridized carbons (Fsp3) is 0.324. The molecule has 1 aromatic carbocycles. The lowest BCUT2D eigenvalue weighted by molar-refractivity contribution is -0.123. The number of fused-ring (bicyclic) bond motifs is 3. The van der Waals surface area contributed by atoms with Crippen LogP contribution in [0.4, 0.5) is 46.8 Å². The van der Waals surface area contributed by atoms with Crippen molar-refractivity contribution in [1.29, 1.82) is 0 Å². The number of benzene rings is 1. The normalized spacial score (nSPS) is 17.0. The van der Waals surface area contributed by atoms with Gasteiger partial charge in [-0.15, -0.1) is 0 Å². The molecule has 17 heteroatoms. The Morgan fingerprint density at radius 1 is 0.833 bits per heavy atom. The molecule has 0 unspecified atom stereocenters. The van der Waals surface area contributed by atoms with Crippen LogP contribution in [0.1, 0.15) is 64.6 Å². The summed E-state index contributed by atoms with van der Waals surface area (Å²) in [5.74, 6) is -9.52. The highest BCUT2D eigenvalue weighted by Crippen LogP contribution is 2.52. The van der Waals surface area contributed by atoms with E-state index in [1.54, 1.807) is 24.5 Å². The quantitative estimate of drug-likeness (QED) is 0.133. The molecule has 0 saturated heterocycles. The van der Waals surface area contributed by atoms with Crippen molar-refractivity contribution in [3.63, 3.8) is 0 Å². The van der Waals surface area contributed by atoms with Crippen LogP contribution in [-0.2, 0) is 42.4 Å². The number of nitrogens with zero attached hydrogens (tertiary/aromatic N) is 5. The Labute approximate surface area is 302 Å². The number of rotatable bonds is 9. The number of hydrogen-bond donors (Lipinski definition) is 3. The summed E-state index contributed by atoms with van der Waals surface area (Å²) >= 11 is 0. The molecule has 4 aromatic heterocycles. The maximum atomic E-state index is 15.2. The molecule has 3 N–H and O–H groups in total. The average molecular weight is 755 g/mol. The van der Waals surface area contributed by atoms with E-state index in [4.69, 9.17) is 4.98 Å². The Morgan fingerprint density at radius 3 is 2.13 bits per heavy atom. The number of hydrogen-bond acceptors (Lipinski definition) is 7. The summed E-state index contributed by atoms with van der Waals surface area (Å²) in [6.07, 6.45) is -2.07. The summed E-state index contributed by atoms with van der Waals surface area (Å²) in [5.41, 5.74) is -0.405. The molecule has 2 aliphatic heterocycles. The first-order valence-electron chi connectivity index (χ1n) is 17.1. The van der Waals surface area contributed by atoms with Crippen molar-refractivity contribution < 1.29 is 39.9 Å². The summed E-state index contributed by atoms with van der Waals surface area (Å²) < 4.78 is 117. The van der Waals surface area contributed by atoms with E-state index >= 15 is 8.78 Å². The van der Waals surface area contributed by atoms with Gasteiger partial charge in [0.25, 0.3) is 18.3 Å². The van der Waals surface area contributed by atoms with Crippen LogP contribution >= 0.6 is 0 Å². The fourth-order valence-electron chi connectivity index (χ4n) is 7.38. The number of alkyl halides is 6. The minimum atomic E-state index is -4.04. The summed E-state index contributed by atoms with van der Waals surface area (Å²) in [6, 6.07) is 8.79. The molecular formula is C37H30F8N8O. The Balaban J connectivity index is 1.24. The number of carbonyl (C=O) groups is 1. The molecule has 3 aliphatic rings. The van der Waals surface area contributed by atoms with E-state index in [1.807, 2.05) is 12.1 Å². The molecule has 1 atom stereocenters. The first-order valence-corrected chi connectivity index (χ1v) is 17.1. The second-order valence-corrected chi connectivity index (χ2v) is 13.5. The number of nitrogens with one attached hydrogen (secondary N) is 3. The predicted molar refractivity (Wildman–Crippen MR) is 180 cm³/mol. The van der Waals surface area contributed by atoms with Gasteiger partial charge in [0.2, 0.25) is 5.91 Å². The Hall–Kier alpha value is -5.61. The summed E-state index contributed by atoms with van der Waals surface area (Å²) in [5, 5.41) is 12.4. The number of carbonyl (C=O) groups excluding carboxylic acids is 1. The predicted octanol–water partition coefficient (Wildman–Crippen LogP) is 7.63. The zero-order valence-corrected chi connectivity index (χ0v) is 28.2. The number of anilines is 2. The summed E-state index contributed by atoms with van der Waals surface area (Å²) in [4.78, 5) is 27.8. The third-order valence-corrected chi connectivity index (χ3v) is 9.81. The zero-order valence-electron chi connectivity index (χ0n) is 28.2. The Bertz CT molecular complexity index is 2270. The lowest BCUT2D eigenvalue weighted by Gasteiger charge is -2.29. The van der Waals surface area contributed by atoms with E-state index in [0.29, 0.717) is 53.8 Å². The van der Waals surface area contributed by atoms with Gasteiger partial charge in [-0.2, -0.15) is 13.9 Å². The molecule has 5 aromatic rings. The van der Waals surface area contributed by atoms with Crippen molar-refractivity contribution in [2.24, 2.45) is 0 Å². The molecule has 0 bridgehead atoms. The van der Waals surface area contributed by atoms with Crippen LogP contribution < -0.4 is 16.0 Å². The van der Waals surface area contributed by atoms with Crippen LogP contribution in [0.5, 0.6) is 0 Å². The van der Waals surface area contributed by atoms with E-state index in [-0.39, 0.29) is 22.4 Å². The molecule has 1 amide bonds. The summed E-state index contributed by atoms with van der Waals surface area (Å²) in [6.45, 7) is 0.205. The average Bonchev–Trinajstić information content (AvgIpc) is 3.88. The molecular weight excluding hydrogens is 724 g/mol. The van der Waals surface area contributed by atoms with Crippen molar-refractivity contribution in [3.05, 3.63) is 106 Å². The van der Waals surface area contributed by atoms with Crippen molar-refractivity contribution in [3.8, 4) is 22.4 Å². The second-order valence-electron chi connectivity index (χ2n) is 13.5. The first kappa shape index (κ1) is 35.4. The van der Waals surface area contributed by atoms with Crippen LogP contribution in [0.3, 0.4) is 0 Å². The van der Waals surface area contributed by atoms with Crippen LogP contribution in [0.15, 0.2) is 54.9 Å². The number of aromatic nitrogens is 5. The molecule has 9 nitrogen and oxygen atoms in total. The van der Waals surface area contributed by atoms with Crippen molar-refractivity contribution >= 4 is 17.5 Å². The zero-order chi connectivity index (χ0) is 37.9. The second kappa shape index (κ2) is 13.4. The number of halogens is 8. The molecule has 0 radical (unpaired) electrons. The van der Waals surface area contributed by atoms with Gasteiger partial charge in [-0.1, -0.05) is 6.07 Å². The van der Waals surface area contributed by atoms with Crippen LogP contribution in [0.2, 0.25) is 0 Å². The highest BCUT2D eigenvalue weighted by atomic mass is 19.3. The van der Waals surface area contributed by atoms with Crippen molar-refractivity contribution in [2.45, 2.75) is 63.0 Å². The lowest BCUT2D eigenvalue weighted by Crippen LogP contribution is -2.37. The SMILES string of the molecule is O=C(Cn1nc(C(F)F)c2c1C(F)(F)CCC2(F)F)N[C@@H](Cc1cc(F)cc(F)c1)c1nc(-c2cnc3c(c2)CCN3)ccc1-c1cnc2c(c1)CCN2. The van der Waals surface area contributed by atoms with E-state index in [2.05, 4.69) is 31.0 Å². The van der Waals surface area contributed by atoms with Gasteiger partial charge in [0.1, 0.15) is 41.2 Å². The van der Waals surface area contributed by atoms with Crippen molar-refractivity contribution in [1.82, 2.24) is 30.0 Å². The highest BCUT2D eigenvalue weighted by molar-refractivity contribution is 5.78. The summed E-state index contributed by atoms with van der Waals surface area (Å²) in [7, 11) is 0. The lowest BCUT2D eigenvalue weighted by atomic mass is 9.89. The topological polar surface area (TPSA) is 110 Å². The van der Waals surface area contributed by atoms with E-state index in [9.17, 15) is 31.1 Å². The molecule has 1 aliphatic carbocycles. The Kier molecular flexibility index (Phi) is 8.76. The molecule has 280 valence electrons. The third kappa shape index (κ3) is 6.59. The van der Waals surface area contributed by atoms with Crippen LogP contribution in [-0.4, -0.2) is 43.7 Å². The Morgan fingerprint density at radius 2 is 1.46 bits per heavy atom. The minimum Gasteiger partial charge on any atom is -0.370 e. The van der Waals surface area contributed by atoms with E-state index < -0.39 is 78.2 Å². The van der Waals surface area contributed by atoms with Gasteiger partial charge < -0.3 is 16.0 Å². The van der Waals surface area contributed by atoms with Crippen molar-refractivity contribution in [2.75, 3.05) is 23.7 Å². The van der Waals surface area contributed by atoms with Gasteiger partial charge in [-0.25, -0.2) is 41.3 Å². The van der Waals surface area contributed by atoms with E-state index in [0.717, 1.165) is 35.5 Å². The van der Waals surface area contributed by atoms with Gasteiger partial charge in [-0.3, -0.25) is 9.48 Å². The monoisotopic (exact) mass is 754 g/mol. The molecule has 0 spiro atoms. The van der Waals surface area contributed by atoms with Crippen LogP contribution in [0.25, 0.3) is 22.4 Å². The maximum absolute atomic E-state index is 15.2. The van der Waals surface area contributed by atoms with Gasteiger partial charge in [0.15, 0.2) is 0 Å². The molecule has 0 saturated carbocycles. The van der Waals surface area contributed by atoms with Gasteiger partial charge in [0.05, 0.1) is 23.0 Å². The molecule has 0 fully saturated rings. The van der Waals surface area contributed by atoms with Crippen LogP contribution in [0, 0.1) is 11.6 Å². The number of pyridine rings is 3. The molecule has 6 heterocycles. The molecule has 54 heavy (non-hydrogen) atoms. The minimum absolute atomic E-state index is 0.0835. The fourth-order valence-corrected chi connectivity index (χ4v) is 7.38. The first-order chi connectivity index (χ1) is 25.8. The third-order valence-electron chi connectivity index (χ3n) is 9.81. The molecule has 8 rings (SSSR count). The highest BCUT2D eigenvalue weighted by Gasteiger charge is 2.55. The number of amides is 1. The largest absolute Gasteiger partial charge is 0.370 e. The maximum Gasteiger partial charge on any atom is 0.290 e. The van der Waals surface area contributed by atoms with E-state index in [1.165, 1.54) is 0 Å². The van der Waals surface area contributed by atoms with Gasteiger partial charge >= 0.3 is 0 Å². The standard InChI is InChI=1S/C37H30F8N8O/c38-23-9-18(10-24(39)14-23)11-27(50-28(54)17-53-32-29(31(52-53)33(40)41)36(42,43)5-6-37(32,44)45)30-25(21-12-19-3-7-46-34(19)48-15-21)1-2-26(51-30)22-13-20-4-8-47-35(20)49-16-22/h1-2,9-10,12-16,27,33H,3-8,11,17H2,(H,46,48)(H,47,49)(H,50,54)/t27-/m0/s1. The van der Waals surface area contributed by atoms with Gasteiger partial charge in [-0.05, 0) is 66.3 Å². The smallest absolute Gasteiger partial charge is 0.290 e. The van der Waals surface area contributed by atoms with Gasteiger partial charge in [0, 0.05) is 61.1 Å².